The van der Waals surface area contributed by atoms with Crippen LogP contribution in [0.4, 0.5) is 0 Å². The molecule has 1 aromatic heterocycles. The van der Waals surface area contributed by atoms with Crippen molar-refractivity contribution < 1.29 is 9.21 Å². The van der Waals surface area contributed by atoms with Gasteiger partial charge in [-0.3, -0.25) is 4.79 Å². The molecule has 0 atom stereocenters. The summed E-state index contributed by atoms with van der Waals surface area (Å²) in [5.41, 5.74) is 0. The monoisotopic (exact) mass is 227 g/mol. The van der Waals surface area contributed by atoms with Crippen molar-refractivity contribution in [3.8, 4) is 0 Å². The second-order valence-corrected chi connectivity index (χ2v) is 4.18. The average molecular weight is 228 g/mol. The van der Waals surface area contributed by atoms with Gasteiger partial charge < -0.3 is 9.32 Å². The number of furan rings is 1. The van der Waals surface area contributed by atoms with Gasteiger partial charge in [-0.2, -0.15) is 0 Å². The van der Waals surface area contributed by atoms with E-state index in [0.29, 0.717) is 17.6 Å². The number of amides is 1. The van der Waals surface area contributed by atoms with Crippen molar-refractivity contribution in [1.29, 1.82) is 0 Å². The first-order valence-electron chi connectivity index (χ1n) is 5.20. The Labute approximate surface area is 94.0 Å². The Hall–Kier alpha value is -0.960. The molecule has 0 aliphatic carbocycles. The fourth-order valence-corrected chi connectivity index (χ4v) is 2.16. The van der Waals surface area contributed by atoms with E-state index < -0.39 is 0 Å². The minimum absolute atomic E-state index is 0.00646. The first-order chi connectivity index (χ1) is 7.31. The Morgan fingerprint density at radius 2 is 2.27 bits per heavy atom. The van der Waals surface area contributed by atoms with Gasteiger partial charge in [0.1, 0.15) is 0 Å². The summed E-state index contributed by atoms with van der Waals surface area (Å²) in [5, 5.41) is 0. The molecule has 1 fully saturated rings. The van der Waals surface area contributed by atoms with Gasteiger partial charge in [0, 0.05) is 19.0 Å². The highest BCUT2D eigenvalue weighted by Crippen LogP contribution is 2.19. The molecule has 2 heterocycles. The van der Waals surface area contributed by atoms with Gasteiger partial charge in [0.05, 0.1) is 6.26 Å². The predicted molar refractivity (Wildman–Crippen MR) is 58.1 cm³/mol. The zero-order valence-electron chi connectivity index (χ0n) is 8.49. The van der Waals surface area contributed by atoms with Crippen LogP contribution >= 0.6 is 11.6 Å². The molecule has 1 aliphatic heterocycles. The summed E-state index contributed by atoms with van der Waals surface area (Å²) in [6, 6.07) is 3.44. The lowest BCUT2D eigenvalue weighted by Gasteiger charge is -2.30. The minimum atomic E-state index is -0.00646. The fraction of sp³-hybridized carbons (Fsp3) is 0.545. The summed E-state index contributed by atoms with van der Waals surface area (Å²) < 4.78 is 5.08. The summed E-state index contributed by atoms with van der Waals surface area (Å²) >= 11 is 5.79. The standard InChI is InChI=1S/C11H14ClNO2/c12-8-9-3-5-13(6-4-9)11(14)10-2-1-7-15-10/h1-2,7,9H,3-6,8H2. The maximum Gasteiger partial charge on any atom is 0.289 e. The van der Waals surface area contributed by atoms with Crippen LogP contribution < -0.4 is 0 Å². The van der Waals surface area contributed by atoms with Crippen LogP contribution in [0, 0.1) is 5.92 Å². The van der Waals surface area contributed by atoms with Gasteiger partial charge >= 0.3 is 0 Å². The molecule has 1 aromatic rings. The van der Waals surface area contributed by atoms with Crippen LogP contribution in [0.1, 0.15) is 23.4 Å². The number of hydrogen-bond acceptors (Lipinski definition) is 2. The van der Waals surface area contributed by atoms with Crippen LogP contribution in [-0.2, 0) is 0 Å². The third-order valence-corrected chi connectivity index (χ3v) is 3.29. The molecular weight excluding hydrogens is 214 g/mol. The minimum Gasteiger partial charge on any atom is -0.459 e. The number of halogens is 1. The topological polar surface area (TPSA) is 33.5 Å². The normalized spacial score (nSPS) is 18.1. The van der Waals surface area contributed by atoms with Crippen LogP contribution in [0.2, 0.25) is 0 Å². The number of piperidine rings is 1. The van der Waals surface area contributed by atoms with E-state index in [9.17, 15) is 4.79 Å². The van der Waals surface area contributed by atoms with Gasteiger partial charge in [0.2, 0.25) is 0 Å². The lowest BCUT2D eigenvalue weighted by Crippen LogP contribution is -2.38. The smallest absolute Gasteiger partial charge is 0.289 e. The maximum absolute atomic E-state index is 11.9. The summed E-state index contributed by atoms with van der Waals surface area (Å²) in [5.74, 6) is 1.68. The molecule has 0 aromatic carbocycles. The zero-order chi connectivity index (χ0) is 10.7. The number of alkyl halides is 1. The van der Waals surface area contributed by atoms with Gasteiger partial charge in [-0.1, -0.05) is 0 Å². The fourth-order valence-electron chi connectivity index (χ4n) is 1.85. The van der Waals surface area contributed by atoms with Crippen molar-refractivity contribution in [2.75, 3.05) is 19.0 Å². The van der Waals surface area contributed by atoms with E-state index in [1.807, 2.05) is 4.90 Å². The molecule has 1 amide bonds. The summed E-state index contributed by atoms with van der Waals surface area (Å²) in [4.78, 5) is 13.7. The number of carbonyl (C=O) groups excluding carboxylic acids is 1. The van der Waals surface area contributed by atoms with E-state index in [4.69, 9.17) is 16.0 Å². The van der Waals surface area contributed by atoms with Crippen LogP contribution in [-0.4, -0.2) is 29.8 Å². The highest BCUT2D eigenvalue weighted by Gasteiger charge is 2.24. The Morgan fingerprint density at radius 3 is 2.80 bits per heavy atom. The molecule has 0 spiro atoms. The summed E-state index contributed by atoms with van der Waals surface area (Å²) in [6.45, 7) is 1.58. The van der Waals surface area contributed by atoms with Gasteiger partial charge in [-0.15, -0.1) is 11.6 Å². The lowest BCUT2D eigenvalue weighted by atomic mass is 9.99. The molecule has 1 aliphatic rings. The number of carbonyl (C=O) groups is 1. The van der Waals surface area contributed by atoms with Gasteiger partial charge in [-0.25, -0.2) is 0 Å². The van der Waals surface area contributed by atoms with E-state index in [2.05, 4.69) is 0 Å². The highest BCUT2D eigenvalue weighted by molar-refractivity contribution is 6.18. The molecule has 2 rings (SSSR count). The Morgan fingerprint density at radius 1 is 1.53 bits per heavy atom. The van der Waals surface area contributed by atoms with Crippen LogP contribution in [0.3, 0.4) is 0 Å². The molecule has 0 N–H and O–H groups in total. The number of nitrogens with zero attached hydrogens (tertiary/aromatic N) is 1. The van der Waals surface area contributed by atoms with E-state index in [1.165, 1.54) is 6.26 Å². The van der Waals surface area contributed by atoms with E-state index in [-0.39, 0.29) is 5.91 Å². The Kier molecular flexibility index (Phi) is 3.31. The SMILES string of the molecule is O=C(c1ccco1)N1CCC(CCl)CC1. The molecule has 4 heteroatoms. The quantitative estimate of drug-likeness (QED) is 0.727. The van der Waals surface area contributed by atoms with Crippen molar-refractivity contribution in [1.82, 2.24) is 4.90 Å². The highest BCUT2D eigenvalue weighted by atomic mass is 35.5. The van der Waals surface area contributed by atoms with Crippen molar-refractivity contribution in [3.05, 3.63) is 24.2 Å². The van der Waals surface area contributed by atoms with Crippen molar-refractivity contribution in [2.45, 2.75) is 12.8 Å². The molecule has 0 saturated carbocycles. The van der Waals surface area contributed by atoms with Gasteiger partial charge in [0.25, 0.3) is 5.91 Å². The van der Waals surface area contributed by atoms with E-state index in [1.54, 1.807) is 12.1 Å². The summed E-state index contributed by atoms with van der Waals surface area (Å²) in [7, 11) is 0. The average Bonchev–Trinajstić information content (AvgIpc) is 2.82. The Bertz CT molecular complexity index is 315. The second kappa shape index (κ2) is 4.71. The molecule has 0 bridgehead atoms. The zero-order valence-corrected chi connectivity index (χ0v) is 9.24. The van der Waals surface area contributed by atoms with Crippen molar-refractivity contribution >= 4 is 17.5 Å². The first kappa shape index (κ1) is 10.6. The Balaban J connectivity index is 1.93. The molecule has 15 heavy (non-hydrogen) atoms. The van der Waals surface area contributed by atoms with E-state index >= 15 is 0 Å². The van der Waals surface area contributed by atoms with Crippen molar-refractivity contribution in [3.63, 3.8) is 0 Å². The van der Waals surface area contributed by atoms with Gasteiger partial charge in [0.15, 0.2) is 5.76 Å². The predicted octanol–water partition coefficient (Wildman–Crippen LogP) is 2.37. The number of hydrogen-bond donors (Lipinski definition) is 0. The molecule has 1 saturated heterocycles. The molecule has 0 unspecified atom stereocenters. The second-order valence-electron chi connectivity index (χ2n) is 3.87. The van der Waals surface area contributed by atoms with Gasteiger partial charge in [-0.05, 0) is 30.9 Å². The number of rotatable bonds is 2. The van der Waals surface area contributed by atoms with Crippen LogP contribution in [0.15, 0.2) is 22.8 Å². The summed E-state index contributed by atoms with van der Waals surface area (Å²) in [6.07, 6.45) is 3.52. The third-order valence-electron chi connectivity index (χ3n) is 2.85. The molecule has 0 radical (unpaired) electrons. The largest absolute Gasteiger partial charge is 0.459 e. The van der Waals surface area contributed by atoms with Crippen LogP contribution in [0.25, 0.3) is 0 Å². The maximum atomic E-state index is 11.9. The van der Waals surface area contributed by atoms with Crippen molar-refractivity contribution in [2.24, 2.45) is 5.92 Å². The van der Waals surface area contributed by atoms with Crippen LogP contribution in [0.5, 0.6) is 0 Å². The van der Waals surface area contributed by atoms with E-state index in [0.717, 1.165) is 25.9 Å². The first-order valence-corrected chi connectivity index (χ1v) is 5.73. The molecule has 82 valence electrons. The number of likely N-dealkylation sites (tertiary alicyclic amines) is 1. The lowest BCUT2D eigenvalue weighted by molar-refractivity contribution is 0.0666. The third kappa shape index (κ3) is 2.34. The molecule has 3 nitrogen and oxygen atoms in total. The molecular formula is C11H14ClNO2.